The van der Waals surface area contributed by atoms with Crippen LogP contribution >= 0.6 is 0 Å². The largest absolute Gasteiger partial charge is 0.486 e. The van der Waals surface area contributed by atoms with Gasteiger partial charge >= 0.3 is 7.12 Å². The van der Waals surface area contributed by atoms with Crippen LogP contribution in [0.1, 0.15) is 33.3 Å². The predicted molar refractivity (Wildman–Crippen MR) is 75.2 cm³/mol. The van der Waals surface area contributed by atoms with Crippen molar-refractivity contribution in [2.75, 3.05) is 0 Å². The molecule has 0 aliphatic carbocycles. The van der Waals surface area contributed by atoms with Crippen LogP contribution in [-0.4, -0.2) is 18.3 Å². The highest BCUT2D eigenvalue weighted by Crippen LogP contribution is 2.37. The van der Waals surface area contributed by atoms with Gasteiger partial charge in [0.2, 0.25) is 5.82 Å². The van der Waals surface area contributed by atoms with Crippen LogP contribution in [0, 0.1) is 29.1 Å². The predicted octanol–water partition coefficient (Wildman–Crippen LogP) is 4.11. The van der Waals surface area contributed by atoms with Crippen molar-refractivity contribution in [1.82, 2.24) is 0 Å². The second kappa shape index (κ2) is 5.90. The van der Waals surface area contributed by atoms with E-state index in [2.05, 4.69) is 0 Å². The molecule has 0 radical (unpaired) electrons. The molecule has 0 unspecified atom stereocenters. The molecule has 1 aliphatic rings. The molecule has 1 saturated heterocycles. The highest BCUT2D eigenvalue weighted by atomic mass is 19.2. The number of allylic oxidation sites excluding steroid dienone is 1. The highest BCUT2D eigenvalue weighted by Gasteiger charge is 2.49. The van der Waals surface area contributed by atoms with Gasteiger partial charge in [-0.1, -0.05) is 12.1 Å². The Labute approximate surface area is 131 Å². The van der Waals surface area contributed by atoms with E-state index >= 15 is 0 Å². The topological polar surface area (TPSA) is 18.5 Å². The smallest absolute Gasteiger partial charge is 0.400 e. The van der Waals surface area contributed by atoms with Gasteiger partial charge in [0.05, 0.1) is 11.2 Å². The minimum absolute atomic E-state index is 0.476. The Kier molecular flexibility index (Phi) is 4.61. The summed E-state index contributed by atoms with van der Waals surface area (Å²) in [7, 11) is -0.763. The number of rotatable bonds is 3. The summed E-state index contributed by atoms with van der Waals surface area (Å²) < 4.78 is 77.5. The first-order valence-corrected chi connectivity index (χ1v) is 7.00. The molecule has 1 fully saturated rings. The average molecular weight is 334 g/mol. The number of halogens is 5. The molecule has 23 heavy (non-hydrogen) atoms. The zero-order valence-corrected chi connectivity index (χ0v) is 13.1. The fourth-order valence-electron chi connectivity index (χ4n) is 2.09. The number of hydrogen-bond acceptors (Lipinski definition) is 2. The first-order valence-electron chi connectivity index (χ1n) is 7.00. The summed E-state index contributed by atoms with van der Waals surface area (Å²) >= 11 is 0. The molecule has 0 bridgehead atoms. The van der Waals surface area contributed by atoms with E-state index < -0.39 is 59.4 Å². The number of benzene rings is 1. The van der Waals surface area contributed by atoms with E-state index in [0.29, 0.717) is 0 Å². The second-order valence-corrected chi connectivity index (χ2v) is 6.31. The summed E-state index contributed by atoms with van der Waals surface area (Å²) in [6, 6.07) is 0. The third kappa shape index (κ3) is 3.14. The Morgan fingerprint density at radius 3 is 1.61 bits per heavy atom. The summed E-state index contributed by atoms with van der Waals surface area (Å²) in [5.74, 6) is -8.36. The molecule has 2 nitrogen and oxygen atoms in total. The van der Waals surface area contributed by atoms with E-state index in [9.17, 15) is 22.0 Å². The van der Waals surface area contributed by atoms with Crippen LogP contribution in [0.15, 0.2) is 12.1 Å². The third-order valence-electron chi connectivity index (χ3n) is 4.19. The number of hydrogen-bond donors (Lipinski definition) is 0. The molecule has 0 atom stereocenters. The van der Waals surface area contributed by atoms with Crippen molar-refractivity contribution < 1.29 is 31.3 Å². The molecular formula is C15H16BF5O2. The van der Waals surface area contributed by atoms with Crippen molar-refractivity contribution in [2.45, 2.75) is 45.3 Å². The minimum Gasteiger partial charge on any atom is -0.400 e. The van der Waals surface area contributed by atoms with Crippen LogP contribution in [0.4, 0.5) is 22.0 Å². The Hall–Kier alpha value is -1.41. The molecule has 126 valence electrons. The van der Waals surface area contributed by atoms with Crippen LogP contribution in [0.25, 0.3) is 0 Å². The fourth-order valence-corrected chi connectivity index (χ4v) is 2.09. The SMILES string of the molecule is CC1(C)OB(/C=C/Cc2c(F)c(F)c(F)c(F)c2F)OC1(C)C. The van der Waals surface area contributed by atoms with Crippen LogP contribution in [-0.2, 0) is 15.7 Å². The van der Waals surface area contributed by atoms with Crippen LogP contribution < -0.4 is 0 Å². The summed E-state index contributed by atoms with van der Waals surface area (Å²) in [4.78, 5) is 0. The summed E-state index contributed by atoms with van der Waals surface area (Å²) in [6.07, 6.45) is 0.774. The molecule has 0 amide bonds. The lowest BCUT2D eigenvalue weighted by atomic mass is 9.89. The molecule has 8 heteroatoms. The van der Waals surface area contributed by atoms with Crippen molar-refractivity contribution in [3.8, 4) is 0 Å². The van der Waals surface area contributed by atoms with E-state index in [-0.39, 0.29) is 0 Å². The van der Waals surface area contributed by atoms with Gasteiger partial charge in [-0.05, 0) is 34.1 Å². The molecule has 1 heterocycles. The normalized spacial score (nSPS) is 19.8. The minimum atomic E-state index is -2.17. The van der Waals surface area contributed by atoms with Gasteiger partial charge < -0.3 is 9.31 Å². The summed E-state index contributed by atoms with van der Waals surface area (Å²) in [5, 5.41) is 0. The van der Waals surface area contributed by atoms with E-state index in [1.165, 1.54) is 12.1 Å². The molecule has 0 N–H and O–H groups in total. The van der Waals surface area contributed by atoms with Crippen molar-refractivity contribution in [3.63, 3.8) is 0 Å². The lowest BCUT2D eigenvalue weighted by Crippen LogP contribution is -2.41. The van der Waals surface area contributed by atoms with Gasteiger partial charge in [-0.25, -0.2) is 22.0 Å². The molecule has 1 aliphatic heterocycles. The fraction of sp³-hybridized carbons (Fsp3) is 0.467. The Bertz CT molecular complexity index is 613. The van der Waals surface area contributed by atoms with Crippen LogP contribution in [0.5, 0.6) is 0 Å². The Morgan fingerprint density at radius 2 is 1.17 bits per heavy atom. The summed E-state index contributed by atoms with van der Waals surface area (Å²) in [6.45, 7) is 7.30. The van der Waals surface area contributed by atoms with Gasteiger partial charge in [-0.2, -0.15) is 0 Å². The van der Waals surface area contributed by atoms with Gasteiger partial charge in [0.25, 0.3) is 0 Å². The van der Waals surface area contributed by atoms with Gasteiger partial charge in [0.1, 0.15) is 0 Å². The molecule has 1 aromatic rings. The standard InChI is InChI=1S/C15H16BF5O2/c1-14(2)15(3,4)23-16(22-14)7-5-6-8-9(17)11(19)13(21)12(20)10(8)18/h5,7H,6H2,1-4H3/b7-5+. The van der Waals surface area contributed by atoms with E-state index in [1.807, 2.05) is 27.7 Å². The van der Waals surface area contributed by atoms with Crippen LogP contribution in [0.2, 0.25) is 0 Å². The van der Waals surface area contributed by atoms with E-state index in [0.717, 1.165) is 0 Å². The quantitative estimate of drug-likeness (QED) is 0.358. The lowest BCUT2D eigenvalue weighted by molar-refractivity contribution is 0.00578. The van der Waals surface area contributed by atoms with Crippen molar-refractivity contribution in [3.05, 3.63) is 46.7 Å². The Balaban J connectivity index is 2.17. The van der Waals surface area contributed by atoms with Gasteiger partial charge in [-0.15, -0.1) is 0 Å². The van der Waals surface area contributed by atoms with E-state index in [1.54, 1.807) is 0 Å². The van der Waals surface area contributed by atoms with Crippen molar-refractivity contribution >= 4 is 7.12 Å². The maximum atomic E-state index is 13.5. The Morgan fingerprint density at radius 1 is 0.783 bits per heavy atom. The maximum absolute atomic E-state index is 13.5. The van der Waals surface area contributed by atoms with Gasteiger partial charge in [-0.3, -0.25) is 0 Å². The molecule has 0 aromatic heterocycles. The highest BCUT2D eigenvalue weighted by molar-refractivity contribution is 6.51. The maximum Gasteiger partial charge on any atom is 0.486 e. The molecule has 0 spiro atoms. The monoisotopic (exact) mass is 334 g/mol. The van der Waals surface area contributed by atoms with E-state index in [4.69, 9.17) is 9.31 Å². The molecule has 2 rings (SSSR count). The lowest BCUT2D eigenvalue weighted by Gasteiger charge is -2.32. The second-order valence-electron chi connectivity index (χ2n) is 6.31. The molecule has 0 saturated carbocycles. The summed E-state index contributed by atoms with van der Waals surface area (Å²) in [5.41, 5.74) is -2.08. The average Bonchev–Trinajstić information content (AvgIpc) is 2.66. The molecule has 1 aromatic carbocycles. The third-order valence-corrected chi connectivity index (χ3v) is 4.19. The van der Waals surface area contributed by atoms with Crippen molar-refractivity contribution in [1.29, 1.82) is 0 Å². The first kappa shape index (κ1) is 17.9. The van der Waals surface area contributed by atoms with Crippen LogP contribution in [0.3, 0.4) is 0 Å². The zero-order chi connectivity index (χ0) is 17.6. The van der Waals surface area contributed by atoms with Gasteiger partial charge in [0.15, 0.2) is 23.3 Å². The molecular weight excluding hydrogens is 318 g/mol. The van der Waals surface area contributed by atoms with Crippen molar-refractivity contribution in [2.24, 2.45) is 0 Å². The zero-order valence-electron chi connectivity index (χ0n) is 13.1. The first-order chi connectivity index (χ1) is 10.5. The van der Waals surface area contributed by atoms with Gasteiger partial charge in [0, 0.05) is 5.56 Å².